The molecular weight excluding hydrogens is 255 g/mol. The molecule has 0 spiro atoms. The molecule has 3 atom stereocenters. The van der Waals surface area contributed by atoms with Crippen molar-refractivity contribution in [3.63, 3.8) is 0 Å². The minimum Gasteiger partial charge on any atom is -0.390 e. The van der Waals surface area contributed by atoms with Crippen molar-refractivity contribution >= 4 is 22.6 Å². The van der Waals surface area contributed by atoms with E-state index >= 15 is 0 Å². The summed E-state index contributed by atoms with van der Waals surface area (Å²) in [5.74, 6) is 0. The van der Waals surface area contributed by atoms with Crippen molar-refractivity contribution in [2.75, 3.05) is 20.1 Å². The monoisotopic (exact) mass is 270 g/mol. The Kier molecular flexibility index (Phi) is 3.54. The van der Waals surface area contributed by atoms with E-state index in [9.17, 15) is 5.11 Å². The Bertz CT molecular complexity index is 132. The van der Waals surface area contributed by atoms with Crippen LogP contribution in [0.3, 0.4) is 0 Å². The molecule has 2 N–H and O–H groups in total. The fourth-order valence-corrected chi connectivity index (χ4v) is 1.85. The van der Waals surface area contributed by atoms with Crippen LogP contribution >= 0.6 is 22.6 Å². The highest BCUT2D eigenvalue weighted by Gasteiger charge is 2.31. The van der Waals surface area contributed by atoms with Crippen molar-refractivity contribution in [1.29, 1.82) is 0 Å². The van der Waals surface area contributed by atoms with Gasteiger partial charge in [-0.15, -0.1) is 0 Å². The number of likely N-dealkylation sites (tertiary alicyclic amines) is 1. The Hall–Kier alpha value is 0.610. The van der Waals surface area contributed by atoms with Crippen LogP contribution in [0.15, 0.2) is 0 Å². The number of rotatable bonds is 2. The molecule has 0 aliphatic carbocycles. The molecule has 0 radical (unpaired) electrons. The number of hydrogen-bond donors (Lipinski definition) is 2. The van der Waals surface area contributed by atoms with E-state index in [0.717, 1.165) is 13.1 Å². The van der Waals surface area contributed by atoms with Gasteiger partial charge in [-0.25, -0.2) is 0 Å². The van der Waals surface area contributed by atoms with Gasteiger partial charge in [0.05, 0.1) is 10.2 Å². The van der Waals surface area contributed by atoms with Crippen molar-refractivity contribution in [3.8, 4) is 0 Å². The molecule has 0 aromatic carbocycles. The summed E-state index contributed by atoms with van der Waals surface area (Å²) in [6, 6.07) is 0.257. The maximum atomic E-state index is 9.50. The van der Waals surface area contributed by atoms with E-state index in [0.29, 0.717) is 4.05 Å². The molecular formula is C7H15IN2O. The van der Waals surface area contributed by atoms with Crippen LogP contribution < -0.4 is 5.32 Å². The van der Waals surface area contributed by atoms with E-state index in [1.807, 2.05) is 7.05 Å². The van der Waals surface area contributed by atoms with Gasteiger partial charge in [-0.1, -0.05) is 22.6 Å². The van der Waals surface area contributed by atoms with Gasteiger partial charge in [-0.3, -0.25) is 4.90 Å². The van der Waals surface area contributed by atoms with Crippen molar-refractivity contribution in [2.45, 2.75) is 23.1 Å². The molecule has 0 bridgehead atoms. The minimum atomic E-state index is -0.197. The lowest BCUT2D eigenvalue weighted by Gasteiger charge is -2.17. The largest absolute Gasteiger partial charge is 0.390 e. The van der Waals surface area contributed by atoms with E-state index < -0.39 is 0 Å². The number of halogens is 1. The number of nitrogens with one attached hydrogen (secondary N) is 1. The second-order valence-electron chi connectivity index (χ2n) is 2.99. The Morgan fingerprint density at radius 1 is 1.64 bits per heavy atom. The molecule has 11 heavy (non-hydrogen) atoms. The number of β-amino-alcohol motifs (C(OH)–C–C–N with tert-alkyl or cyclic N) is 1. The maximum absolute atomic E-state index is 9.50. The van der Waals surface area contributed by atoms with Crippen LogP contribution in [0.25, 0.3) is 0 Å². The Morgan fingerprint density at radius 2 is 2.27 bits per heavy atom. The van der Waals surface area contributed by atoms with Gasteiger partial charge >= 0.3 is 0 Å². The molecule has 0 saturated carbocycles. The van der Waals surface area contributed by atoms with Gasteiger partial charge in [-0.05, 0) is 14.0 Å². The molecule has 1 aliphatic heterocycles. The Balaban J connectivity index is 2.43. The molecule has 3 unspecified atom stereocenters. The second-order valence-corrected chi connectivity index (χ2v) is 4.79. The number of nitrogens with zero attached hydrogens (tertiary/aromatic N) is 1. The Morgan fingerprint density at radius 3 is 2.55 bits per heavy atom. The van der Waals surface area contributed by atoms with Crippen LogP contribution in [0.4, 0.5) is 0 Å². The first-order valence-corrected chi connectivity index (χ1v) is 5.13. The highest BCUT2D eigenvalue weighted by Crippen LogP contribution is 2.16. The lowest BCUT2D eigenvalue weighted by Crippen LogP contribution is -2.36. The van der Waals surface area contributed by atoms with E-state index in [1.54, 1.807) is 0 Å². The molecule has 3 nitrogen and oxygen atoms in total. The molecule has 1 saturated heterocycles. The van der Waals surface area contributed by atoms with Gasteiger partial charge in [0, 0.05) is 19.1 Å². The lowest BCUT2D eigenvalue weighted by molar-refractivity contribution is 0.157. The fourth-order valence-electron chi connectivity index (χ4n) is 1.39. The SMILES string of the molecule is CNC1CN(C(C)I)CC1O. The van der Waals surface area contributed by atoms with E-state index in [1.165, 1.54) is 0 Å². The number of hydrogen-bond acceptors (Lipinski definition) is 3. The second kappa shape index (κ2) is 4.02. The summed E-state index contributed by atoms with van der Waals surface area (Å²) in [5.41, 5.74) is 0. The topological polar surface area (TPSA) is 35.5 Å². The fraction of sp³-hybridized carbons (Fsp3) is 1.00. The average Bonchev–Trinajstić information content (AvgIpc) is 2.31. The first kappa shape index (κ1) is 9.70. The third-order valence-electron chi connectivity index (χ3n) is 2.19. The van der Waals surface area contributed by atoms with Crippen molar-refractivity contribution < 1.29 is 5.11 Å². The zero-order valence-corrected chi connectivity index (χ0v) is 9.08. The first-order chi connectivity index (χ1) is 5.15. The van der Waals surface area contributed by atoms with Gasteiger partial charge in [0.1, 0.15) is 0 Å². The summed E-state index contributed by atoms with van der Waals surface area (Å²) < 4.78 is 0.514. The summed E-state index contributed by atoms with van der Waals surface area (Å²) in [5, 5.41) is 12.6. The first-order valence-electron chi connectivity index (χ1n) is 3.88. The molecule has 1 fully saturated rings. The maximum Gasteiger partial charge on any atom is 0.0832 e. The highest BCUT2D eigenvalue weighted by atomic mass is 127. The summed E-state index contributed by atoms with van der Waals surface area (Å²) in [4.78, 5) is 2.27. The molecule has 1 rings (SSSR count). The van der Waals surface area contributed by atoms with Gasteiger partial charge < -0.3 is 10.4 Å². The zero-order valence-electron chi connectivity index (χ0n) is 6.92. The van der Waals surface area contributed by atoms with Crippen LogP contribution in [0, 0.1) is 0 Å². The molecule has 0 aromatic rings. The summed E-state index contributed by atoms with van der Waals surface area (Å²) >= 11 is 2.37. The smallest absolute Gasteiger partial charge is 0.0832 e. The van der Waals surface area contributed by atoms with E-state index in [2.05, 4.69) is 39.7 Å². The Labute approximate surface area is 81.3 Å². The minimum absolute atomic E-state index is 0.197. The van der Waals surface area contributed by atoms with Crippen LogP contribution in [0.2, 0.25) is 0 Å². The van der Waals surface area contributed by atoms with Crippen molar-refractivity contribution in [2.24, 2.45) is 0 Å². The number of aliphatic hydroxyl groups excluding tert-OH is 1. The molecule has 0 amide bonds. The number of alkyl halides is 1. The van der Waals surface area contributed by atoms with Crippen molar-refractivity contribution in [1.82, 2.24) is 10.2 Å². The summed E-state index contributed by atoms with van der Waals surface area (Å²) in [6.45, 7) is 3.91. The molecule has 0 aromatic heterocycles. The number of likely N-dealkylation sites (N-methyl/N-ethyl adjacent to an activating group) is 1. The van der Waals surface area contributed by atoms with Crippen LogP contribution in [0.5, 0.6) is 0 Å². The van der Waals surface area contributed by atoms with E-state index in [4.69, 9.17) is 0 Å². The lowest BCUT2D eigenvalue weighted by atomic mass is 10.2. The van der Waals surface area contributed by atoms with Crippen LogP contribution in [-0.4, -0.2) is 46.3 Å². The highest BCUT2D eigenvalue weighted by molar-refractivity contribution is 14.1. The third-order valence-corrected chi connectivity index (χ3v) is 2.98. The predicted molar refractivity (Wildman–Crippen MR) is 53.9 cm³/mol. The summed E-state index contributed by atoms with van der Waals surface area (Å²) in [6.07, 6.45) is -0.197. The molecule has 1 aliphatic rings. The predicted octanol–water partition coefficient (Wildman–Crippen LogP) is 0.0319. The average molecular weight is 270 g/mol. The molecule has 1 heterocycles. The third kappa shape index (κ3) is 2.27. The zero-order chi connectivity index (χ0) is 8.43. The number of aliphatic hydroxyl groups is 1. The van der Waals surface area contributed by atoms with Crippen molar-refractivity contribution in [3.05, 3.63) is 0 Å². The van der Waals surface area contributed by atoms with Gasteiger partial charge in [0.2, 0.25) is 0 Å². The normalized spacial score (nSPS) is 36.0. The quantitative estimate of drug-likeness (QED) is 0.422. The van der Waals surface area contributed by atoms with Gasteiger partial charge in [0.15, 0.2) is 0 Å². The van der Waals surface area contributed by atoms with Gasteiger partial charge in [0.25, 0.3) is 0 Å². The molecule has 66 valence electrons. The van der Waals surface area contributed by atoms with Crippen LogP contribution in [-0.2, 0) is 0 Å². The van der Waals surface area contributed by atoms with Gasteiger partial charge in [-0.2, -0.15) is 0 Å². The standard InChI is InChI=1S/C7H15IN2O/c1-5(8)10-3-6(9-2)7(11)4-10/h5-7,9,11H,3-4H2,1-2H3. The molecule has 4 heteroatoms. The summed E-state index contributed by atoms with van der Waals surface area (Å²) in [7, 11) is 1.90. The van der Waals surface area contributed by atoms with Crippen LogP contribution in [0.1, 0.15) is 6.92 Å². The van der Waals surface area contributed by atoms with E-state index in [-0.39, 0.29) is 12.1 Å².